The van der Waals surface area contributed by atoms with Crippen LogP contribution in [0.2, 0.25) is 0 Å². The molecular formula is C27H20N2O5. The Morgan fingerprint density at radius 1 is 0.971 bits per heavy atom. The van der Waals surface area contributed by atoms with Crippen molar-refractivity contribution in [3.8, 4) is 5.75 Å². The zero-order valence-corrected chi connectivity index (χ0v) is 18.4. The molecule has 3 aromatic carbocycles. The molecule has 0 fully saturated rings. The Morgan fingerprint density at radius 2 is 1.65 bits per heavy atom. The van der Waals surface area contributed by atoms with E-state index in [4.69, 9.17) is 4.74 Å². The minimum atomic E-state index is -0.448. The Bertz CT molecular complexity index is 1340. The van der Waals surface area contributed by atoms with Crippen LogP contribution in [0.25, 0.3) is 0 Å². The number of aldehydes is 1. The van der Waals surface area contributed by atoms with Crippen LogP contribution in [0.5, 0.6) is 5.75 Å². The van der Waals surface area contributed by atoms with Crippen LogP contribution >= 0.6 is 0 Å². The van der Waals surface area contributed by atoms with Gasteiger partial charge in [0.05, 0.1) is 22.4 Å². The Morgan fingerprint density at radius 3 is 2.26 bits per heavy atom. The molecule has 0 aromatic heterocycles. The minimum absolute atomic E-state index is 0.141. The summed E-state index contributed by atoms with van der Waals surface area (Å²) in [6, 6.07) is 17.6. The van der Waals surface area contributed by atoms with Gasteiger partial charge in [-0.25, -0.2) is 4.90 Å². The van der Waals surface area contributed by atoms with Gasteiger partial charge in [-0.05, 0) is 54.6 Å². The van der Waals surface area contributed by atoms with E-state index in [1.807, 2.05) is 0 Å². The fourth-order valence-electron chi connectivity index (χ4n) is 3.65. The zero-order chi connectivity index (χ0) is 24.4. The fraction of sp³-hybridized carbons (Fsp3) is 0.0370. The summed E-state index contributed by atoms with van der Waals surface area (Å²) in [4.78, 5) is 52.9. The lowest BCUT2D eigenvalue weighted by Crippen LogP contribution is -2.30. The molecule has 0 saturated carbocycles. The standard InChI is InChI=1S/C27H20N2O5/c1-4-17(2)34-21-12-13-22(18(14-21)16-30)25(31)28(3)19-8-7-9-20(15-19)29-26(32)23-10-5-6-11-24(23)27(29)33/h4-16H,1-2H2,3H3. The van der Waals surface area contributed by atoms with Gasteiger partial charge < -0.3 is 9.64 Å². The molecule has 3 aromatic rings. The van der Waals surface area contributed by atoms with Gasteiger partial charge in [-0.15, -0.1) is 0 Å². The largest absolute Gasteiger partial charge is 0.458 e. The average Bonchev–Trinajstić information content (AvgIpc) is 3.12. The highest BCUT2D eigenvalue weighted by molar-refractivity contribution is 6.34. The highest BCUT2D eigenvalue weighted by atomic mass is 16.5. The lowest BCUT2D eigenvalue weighted by Gasteiger charge is -2.21. The molecule has 0 spiro atoms. The van der Waals surface area contributed by atoms with Crippen LogP contribution in [0.3, 0.4) is 0 Å². The lowest BCUT2D eigenvalue weighted by molar-refractivity contribution is 0.0924. The van der Waals surface area contributed by atoms with Gasteiger partial charge in [0.2, 0.25) is 0 Å². The van der Waals surface area contributed by atoms with Crippen molar-refractivity contribution >= 4 is 35.4 Å². The summed E-state index contributed by atoms with van der Waals surface area (Å²) in [6.07, 6.45) is 1.99. The van der Waals surface area contributed by atoms with Crippen molar-refractivity contribution in [2.24, 2.45) is 0 Å². The molecular weight excluding hydrogens is 432 g/mol. The van der Waals surface area contributed by atoms with Gasteiger partial charge in [-0.1, -0.05) is 31.4 Å². The van der Waals surface area contributed by atoms with E-state index < -0.39 is 17.7 Å². The van der Waals surface area contributed by atoms with E-state index >= 15 is 0 Å². The van der Waals surface area contributed by atoms with Crippen molar-refractivity contribution in [2.75, 3.05) is 16.8 Å². The van der Waals surface area contributed by atoms with Crippen LogP contribution in [0.15, 0.2) is 91.7 Å². The van der Waals surface area contributed by atoms with E-state index in [2.05, 4.69) is 13.2 Å². The van der Waals surface area contributed by atoms with Gasteiger partial charge in [0.15, 0.2) is 6.29 Å². The fourth-order valence-corrected chi connectivity index (χ4v) is 3.65. The second-order valence-corrected chi connectivity index (χ2v) is 7.51. The molecule has 168 valence electrons. The lowest BCUT2D eigenvalue weighted by atomic mass is 10.1. The van der Waals surface area contributed by atoms with Gasteiger partial charge in [0.1, 0.15) is 11.5 Å². The normalized spacial score (nSPS) is 12.2. The molecule has 7 nitrogen and oxygen atoms in total. The Balaban J connectivity index is 1.63. The van der Waals surface area contributed by atoms with Gasteiger partial charge in [0, 0.05) is 18.3 Å². The third kappa shape index (κ3) is 3.91. The van der Waals surface area contributed by atoms with Gasteiger partial charge in [-0.2, -0.15) is 0 Å². The summed E-state index contributed by atoms with van der Waals surface area (Å²) in [7, 11) is 1.54. The molecule has 0 unspecified atom stereocenters. The molecule has 0 radical (unpaired) electrons. The first-order valence-electron chi connectivity index (χ1n) is 10.3. The number of allylic oxidation sites excluding steroid dienone is 1. The Hall–Kier alpha value is -4.78. The second kappa shape index (κ2) is 8.99. The number of carbonyl (C=O) groups is 4. The number of rotatable bonds is 7. The van der Waals surface area contributed by atoms with E-state index in [0.29, 0.717) is 40.3 Å². The molecule has 1 aliphatic heterocycles. The first kappa shape index (κ1) is 22.4. The number of hydrogen-bond acceptors (Lipinski definition) is 5. The summed E-state index contributed by atoms with van der Waals surface area (Å²) in [6.45, 7) is 7.22. The van der Waals surface area contributed by atoms with Crippen LogP contribution in [-0.4, -0.2) is 31.1 Å². The monoisotopic (exact) mass is 452 g/mol. The predicted octanol–water partition coefficient (Wildman–Crippen LogP) is 4.65. The molecule has 7 heteroatoms. The second-order valence-electron chi connectivity index (χ2n) is 7.51. The third-order valence-corrected chi connectivity index (χ3v) is 5.43. The van der Waals surface area contributed by atoms with Crippen molar-refractivity contribution in [3.05, 3.63) is 114 Å². The van der Waals surface area contributed by atoms with Crippen LogP contribution in [-0.2, 0) is 0 Å². The van der Waals surface area contributed by atoms with E-state index in [9.17, 15) is 19.2 Å². The molecule has 4 rings (SSSR count). The van der Waals surface area contributed by atoms with Gasteiger partial charge in [-0.3, -0.25) is 19.2 Å². The Labute approximate surface area is 196 Å². The van der Waals surface area contributed by atoms with E-state index in [-0.39, 0.29) is 11.1 Å². The quantitative estimate of drug-likeness (QED) is 0.225. The molecule has 1 heterocycles. The number of nitrogens with zero attached hydrogens (tertiary/aromatic N) is 2. The highest BCUT2D eigenvalue weighted by Gasteiger charge is 2.36. The van der Waals surface area contributed by atoms with Gasteiger partial charge in [0.25, 0.3) is 17.7 Å². The van der Waals surface area contributed by atoms with E-state index in [0.717, 1.165) is 4.90 Å². The number of imide groups is 1. The number of anilines is 2. The molecule has 0 atom stereocenters. The maximum atomic E-state index is 13.2. The number of ether oxygens (including phenoxy) is 1. The maximum absolute atomic E-state index is 13.2. The molecule has 34 heavy (non-hydrogen) atoms. The number of amides is 3. The maximum Gasteiger partial charge on any atom is 0.266 e. The average molecular weight is 452 g/mol. The summed E-state index contributed by atoms with van der Waals surface area (Å²) in [5.74, 6) is -0.647. The van der Waals surface area contributed by atoms with Crippen molar-refractivity contribution in [3.63, 3.8) is 0 Å². The number of fused-ring (bicyclic) bond motifs is 1. The van der Waals surface area contributed by atoms with Crippen LogP contribution in [0.1, 0.15) is 41.4 Å². The van der Waals surface area contributed by atoms with E-state index in [1.165, 1.54) is 23.1 Å². The van der Waals surface area contributed by atoms with Crippen LogP contribution in [0.4, 0.5) is 11.4 Å². The molecule has 0 aliphatic carbocycles. The minimum Gasteiger partial charge on any atom is -0.458 e. The summed E-state index contributed by atoms with van der Waals surface area (Å²) < 4.78 is 5.44. The molecule has 1 aliphatic rings. The van der Waals surface area contributed by atoms with E-state index in [1.54, 1.807) is 61.6 Å². The molecule has 0 bridgehead atoms. The molecule has 0 N–H and O–H groups in total. The van der Waals surface area contributed by atoms with Crippen LogP contribution < -0.4 is 14.5 Å². The zero-order valence-electron chi connectivity index (χ0n) is 18.4. The smallest absolute Gasteiger partial charge is 0.266 e. The number of hydrogen-bond donors (Lipinski definition) is 0. The number of benzene rings is 3. The first-order chi connectivity index (χ1) is 16.3. The topological polar surface area (TPSA) is 84.0 Å². The van der Waals surface area contributed by atoms with Gasteiger partial charge >= 0.3 is 0 Å². The summed E-state index contributed by atoms with van der Waals surface area (Å²) in [5.41, 5.74) is 1.75. The van der Waals surface area contributed by atoms with Crippen molar-refractivity contribution in [1.82, 2.24) is 0 Å². The molecule has 3 amide bonds. The number of carbonyl (C=O) groups excluding carboxylic acids is 4. The third-order valence-electron chi connectivity index (χ3n) is 5.43. The highest BCUT2D eigenvalue weighted by Crippen LogP contribution is 2.31. The summed E-state index contributed by atoms with van der Waals surface area (Å²) in [5, 5.41) is 0. The van der Waals surface area contributed by atoms with Crippen molar-refractivity contribution in [1.29, 1.82) is 0 Å². The first-order valence-corrected chi connectivity index (χ1v) is 10.3. The van der Waals surface area contributed by atoms with Crippen LogP contribution in [0, 0.1) is 0 Å². The van der Waals surface area contributed by atoms with Crippen molar-refractivity contribution in [2.45, 2.75) is 0 Å². The summed E-state index contributed by atoms with van der Waals surface area (Å²) >= 11 is 0. The van der Waals surface area contributed by atoms with Crippen molar-refractivity contribution < 1.29 is 23.9 Å². The SMILES string of the molecule is C=CC(=C)Oc1ccc(C(=O)N(C)c2cccc(N3C(=O)c4ccccc4C3=O)c2)c(C=O)c1. The Kier molecular flexibility index (Phi) is 5.93. The predicted molar refractivity (Wildman–Crippen MR) is 129 cm³/mol. The molecule has 0 saturated heterocycles.